The van der Waals surface area contributed by atoms with Crippen molar-refractivity contribution in [3.8, 4) is 0 Å². The Morgan fingerprint density at radius 3 is 2.60 bits per heavy atom. The monoisotopic (exact) mass is 298 g/mol. The van der Waals surface area contributed by atoms with Crippen LogP contribution in [0.1, 0.15) is 31.7 Å². The predicted octanol–water partition coefficient (Wildman–Crippen LogP) is 2.53. The molecule has 0 aliphatic rings. The van der Waals surface area contributed by atoms with E-state index in [1.54, 1.807) is 18.3 Å². The maximum atomic E-state index is 12.0. The third-order valence-electron chi connectivity index (χ3n) is 3.01. The van der Waals surface area contributed by atoms with E-state index in [-0.39, 0.29) is 11.9 Å². The number of rotatable bonds is 8. The Labute approximate surface area is 126 Å². The van der Waals surface area contributed by atoms with E-state index in [9.17, 15) is 4.79 Å². The van der Waals surface area contributed by atoms with Crippen LogP contribution < -0.4 is 5.32 Å². The van der Waals surface area contributed by atoms with Crippen molar-refractivity contribution < 1.29 is 9.53 Å². The van der Waals surface area contributed by atoms with E-state index in [2.05, 4.69) is 35.5 Å². The molecule has 4 nitrogen and oxygen atoms in total. The highest BCUT2D eigenvalue weighted by atomic mass is 32.1. The van der Waals surface area contributed by atoms with Gasteiger partial charge in [0.1, 0.15) is 6.10 Å². The molecule has 1 rings (SSSR count). The summed E-state index contributed by atoms with van der Waals surface area (Å²) in [5.74, 6) is 0.389. The fraction of sp³-hybridized carbons (Fsp3) is 0.667. The summed E-state index contributed by atoms with van der Waals surface area (Å²) < 4.78 is 5.53. The van der Waals surface area contributed by atoms with Gasteiger partial charge in [-0.3, -0.25) is 4.79 Å². The first-order valence-electron chi connectivity index (χ1n) is 7.01. The van der Waals surface area contributed by atoms with Crippen molar-refractivity contribution in [2.45, 2.75) is 32.9 Å². The standard InChI is InChI=1S/C15H26N2O2S/c1-11(2)10-19-12(3)15(18)16-9-13(17(4)5)14-7-6-8-20-14/h6-8,11-13H,9-10H2,1-5H3,(H,16,18)/t12-,13+/m0/s1. The lowest BCUT2D eigenvalue weighted by atomic mass is 10.2. The zero-order valence-electron chi connectivity index (χ0n) is 13.1. The molecule has 0 saturated carbocycles. The molecule has 0 spiro atoms. The summed E-state index contributed by atoms with van der Waals surface area (Å²) in [7, 11) is 4.05. The van der Waals surface area contributed by atoms with Gasteiger partial charge in [-0.05, 0) is 38.4 Å². The molecular weight excluding hydrogens is 272 g/mol. The smallest absolute Gasteiger partial charge is 0.248 e. The lowest BCUT2D eigenvalue weighted by molar-refractivity contribution is -0.132. The number of thiophene rings is 1. The molecule has 1 N–H and O–H groups in total. The Morgan fingerprint density at radius 2 is 2.10 bits per heavy atom. The third kappa shape index (κ3) is 5.61. The zero-order chi connectivity index (χ0) is 15.1. The number of hydrogen-bond acceptors (Lipinski definition) is 4. The number of carbonyl (C=O) groups is 1. The second kappa shape index (κ2) is 8.39. The molecule has 1 heterocycles. The first-order valence-corrected chi connectivity index (χ1v) is 7.89. The minimum atomic E-state index is -0.399. The first kappa shape index (κ1) is 17.1. The number of nitrogens with one attached hydrogen (secondary N) is 1. The quantitative estimate of drug-likeness (QED) is 0.802. The molecule has 114 valence electrons. The number of hydrogen-bond donors (Lipinski definition) is 1. The summed E-state index contributed by atoms with van der Waals surface area (Å²) in [4.78, 5) is 15.4. The molecule has 0 radical (unpaired) electrons. The summed E-state index contributed by atoms with van der Waals surface area (Å²) in [6.07, 6.45) is -0.399. The Bertz CT molecular complexity index is 391. The summed E-state index contributed by atoms with van der Waals surface area (Å²) >= 11 is 1.71. The largest absolute Gasteiger partial charge is 0.368 e. The molecule has 0 aliphatic heterocycles. The van der Waals surface area contributed by atoms with Gasteiger partial charge in [0, 0.05) is 18.0 Å². The van der Waals surface area contributed by atoms with Gasteiger partial charge in [0.15, 0.2) is 0 Å². The summed E-state index contributed by atoms with van der Waals surface area (Å²) in [6, 6.07) is 4.34. The van der Waals surface area contributed by atoms with Crippen LogP contribution in [0.4, 0.5) is 0 Å². The molecule has 1 aromatic heterocycles. The molecule has 0 aromatic carbocycles. The second-order valence-electron chi connectivity index (χ2n) is 5.61. The number of carbonyl (C=O) groups excluding carboxylic acids is 1. The Hall–Kier alpha value is -0.910. The zero-order valence-corrected chi connectivity index (χ0v) is 13.9. The normalized spacial score (nSPS) is 14.6. The molecule has 0 aliphatic carbocycles. The number of likely N-dealkylation sites (N-methyl/N-ethyl adjacent to an activating group) is 1. The van der Waals surface area contributed by atoms with Crippen LogP contribution in [0, 0.1) is 5.92 Å². The fourth-order valence-electron chi connectivity index (χ4n) is 1.77. The Balaban J connectivity index is 2.45. The van der Waals surface area contributed by atoms with Gasteiger partial charge in [0.25, 0.3) is 0 Å². The van der Waals surface area contributed by atoms with Crippen molar-refractivity contribution in [2.24, 2.45) is 5.92 Å². The predicted molar refractivity (Wildman–Crippen MR) is 84.0 cm³/mol. The highest BCUT2D eigenvalue weighted by Crippen LogP contribution is 2.22. The van der Waals surface area contributed by atoms with Gasteiger partial charge in [0.05, 0.1) is 6.04 Å². The SMILES string of the molecule is CC(C)CO[C@@H](C)C(=O)NC[C@H](c1cccs1)N(C)C. The van der Waals surface area contributed by atoms with Crippen molar-refractivity contribution in [1.82, 2.24) is 10.2 Å². The molecule has 1 aromatic rings. The molecule has 1 amide bonds. The molecule has 20 heavy (non-hydrogen) atoms. The van der Waals surface area contributed by atoms with Crippen LogP contribution in [0.2, 0.25) is 0 Å². The first-order chi connectivity index (χ1) is 9.41. The van der Waals surface area contributed by atoms with Crippen LogP contribution in [0.15, 0.2) is 17.5 Å². The minimum Gasteiger partial charge on any atom is -0.368 e. The fourth-order valence-corrected chi connectivity index (χ4v) is 2.69. The number of nitrogens with zero attached hydrogens (tertiary/aromatic N) is 1. The van der Waals surface area contributed by atoms with Gasteiger partial charge in [-0.1, -0.05) is 19.9 Å². The number of ether oxygens (including phenoxy) is 1. The van der Waals surface area contributed by atoms with Gasteiger partial charge in [-0.15, -0.1) is 11.3 Å². The lowest BCUT2D eigenvalue weighted by Gasteiger charge is -2.24. The Kier molecular flexibility index (Phi) is 7.19. The summed E-state index contributed by atoms with van der Waals surface area (Å²) in [5, 5.41) is 5.03. The maximum absolute atomic E-state index is 12.0. The third-order valence-corrected chi connectivity index (χ3v) is 3.99. The number of amides is 1. The molecule has 2 atom stereocenters. The minimum absolute atomic E-state index is 0.0472. The van der Waals surface area contributed by atoms with Gasteiger partial charge < -0.3 is 15.0 Å². The van der Waals surface area contributed by atoms with Crippen LogP contribution in [0.5, 0.6) is 0 Å². The maximum Gasteiger partial charge on any atom is 0.248 e. The van der Waals surface area contributed by atoms with Crippen LogP contribution in [0.25, 0.3) is 0 Å². The second-order valence-corrected chi connectivity index (χ2v) is 6.59. The van der Waals surface area contributed by atoms with Crippen molar-refractivity contribution in [1.29, 1.82) is 0 Å². The molecule has 5 heteroatoms. The van der Waals surface area contributed by atoms with Gasteiger partial charge in [-0.2, -0.15) is 0 Å². The average molecular weight is 298 g/mol. The average Bonchev–Trinajstić information content (AvgIpc) is 2.89. The van der Waals surface area contributed by atoms with Crippen molar-refractivity contribution in [3.63, 3.8) is 0 Å². The highest BCUT2D eigenvalue weighted by Gasteiger charge is 2.19. The van der Waals surface area contributed by atoms with E-state index in [1.807, 2.05) is 20.2 Å². The van der Waals surface area contributed by atoms with E-state index >= 15 is 0 Å². The molecule has 0 saturated heterocycles. The summed E-state index contributed by atoms with van der Waals surface area (Å²) in [6.45, 7) is 7.15. The molecule has 0 fully saturated rings. The van der Waals surface area contributed by atoms with E-state index in [0.29, 0.717) is 19.1 Å². The van der Waals surface area contributed by atoms with Crippen molar-refractivity contribution >= 4 is 17.2 Å². The van der Waals surface area contributed by atoms with Crippen LogP contribution >= 0.6 is 11.3 Å². The molecular formula is C15H26N2O2S. The van der Waals surface area contributed by atoms with Crippen LogP contribution in [-0.2, 0) is 9.53 Å². The van der Waals surface area contributed by atoms with Crippen LogP contribution in [0.3, 0.4) is 0 Å². The van der Waals surface area contributed by atoms with Gasteiger partial charge in [-0.25, -0.2) is 0 Å². The highest BCUT2D eigenvalue weighted by molar-refractivity contribution is 7.10. The van der Waals surface area contributed by atoms with E-state index < -0.39 is 6.10 Å². The van der Waals surface area contributed by atoms with Gasteiger partial charge in [0.2, 0.25) is 5.91 Å². The van der Waals surface area contributed by atoms with Crippen LogP contribution in [-0.4, -0.2) is 44.2 Å². The van der Waals surface area contributed by atoms with E-state index in [4.69, 9.17) is 4.74 Å². The molecule has 0 unspecified atom stereocenters. The van der Waals surface area contributed by atoms with E-state index in [0.717, 1.165) is 0 Å². The van der Waals surface area contributed by atoms with Crippen molar-refractivity contribution in [3.05, 3.63) is 22.4 Å². The van der Waals surface area contributed by atoms with Gasteiger partial charge >= 0.3 is 0 Å². The molecule has 0 bridgehead atoms. The summed E-state index contributed by atoms with van der Waals surface area (Å²) in [5.41, 5.74) is 0. The topological polar surface area (TPSA) is 41.6 Å². The Morgan fingerprint density at radius 1 is 1.40 bits per heavy atom. The van der Waals surface area contributed by atoms with Crippen molar-refractivity contribution in [2.75, 3.05) is 27.2 Å². The lowest BCUT2D eigenvalue weighted by Crippen LogP contribution is -2.40. The van der Waals surface area contributed by atoms with E-state index in [1.165, 1.54) is 4.88 Å².